The third kappa shape index (κ3) is 8.20. The molecule has 6 nitrogen and oxygen atoms in total. The van der Waals surface area contributed by atoms with E-state index in [1.807, 2.05) is 49.4 Å². The van der Waals surface area contributed by atoms with E-state index in [2.05, 4.69) is 23.9 Å². The Bertz CT molecular complexity index is 1090. The van der Waals surface area contributed by atoms with Crippen LogP contribution >= 0.6 is 11.8 Å². The number of aliphatic hydroxyl groups excluding tert-OH is 1. The average Bonchev–Trinajstić information content (AvgIpc) is 2.81. The van der Waals surface area contributed by atoms with E-state index in [0.717, 1.165) is 28.3 Å². The first-order valence-electron chi connectivity index (χ1n) is 12.6. The SMILES string of the molecule is CCC(NC(=O)C(CSc1cccc2ccccc12)NS(C)(=O)=O)C(O)CC1CC(C)CCC1C. The number of sulfonamides is 1. The molecule has 6 unspecified atom stereocenters. The Labute approximate surface area is 214 Å². The minimum absolute atomic E-state index is 0.247. The molecule has 0 radical (unpaired) electrons. The average molecular weight is 521 g/mol. The van der Waals surface area contributed by atoms with Gasteiger partial charge in [-0.1, -0.05) is 70.0 Å². The molecule has 0 aromatic heterocycles. The summed E-state index contributed by atoms with van der Waals surface area (Å²) in [4.78, 5) is 14.2. The van der Waals surface area contributed by atoms with Gasteiger partial charge in [0.2, 0.25) is 15.9 Å². The molecule has 1 amide bonds. The summed E-state index contributed by atoms with van der Waals surface area (Å²) < 4.78 is 26.6. The predicted octanol–water partition coefficient (Wildman–Crippen LogP) is 4.57. The van der Waals surface area contributed by atoms with Crippen LogP contribution in [-0.2, 0) is 14.8 Å². The topological polar surface area (TPSA) is 95.5 Å². The summed E-state index contributed by atoms with van der Waals surface area (Å²) >= 11 is 1.45. The second kappa shape index (κ2) is 12.6. The number of carbonyl (C=O) groups excluding carboxylic acids is 1. The first kappa shape index (κ1) is 28.0. The third-order valence-corrected chi connectivity index (χ3v) is 9.11. The second-order valence-electron chi connectivity index (χ2n) is 10.2. The molecular formula is C27H40N2O4S2. The highest BCUT2D eigenvalue weighted by molar-refractivity contribution is 7.99. The van der Waals surface area contributed by atoms with Crippen LogP contribution in [0.4, 0.5) is 0 Å². The van der Waals surface area contributed by atoms with E-state index >= 15 is 0 Å². The number of thioether (sulfide) groups is 1. The quantitative estimate of drug-likeness (QED) is 0.377. The van der Waals surface area contributed by atoms with Crippen LogP contribution in [0.15, 0.2) is 47.4 Å². The van der Waals surface area contributed by atoms with Crippen LogP contribution in [-0.4, -0.2) is 49.6 Å². The molecule has 0 spiro atoms. The van der Waals surface area contributed by atoms with Gasteiger partial charge in [0, 0.05) is 10.6 Å². The van der Waals surface area contributed by atoms with Crippen molar-refractivity contribution in [1.29, 1.82) is 0 Å². The van der Waals surface area contributed by atoms with Crippen LogP contribution in [0.3, 0.4) is 0 Å². The first-order valence-corrected chi connectivity index (χ1v) is 15.5. The van der Waals surface area contributed by atoms with E-state index in [1.165, 1.54) is 24.6 Å². The van der Waals surface area contributed by atoms with E-state index in [-0.39, 0.29) is 5.75 Å². The zero-order valence-electron chi connectivity index (χ0n) is 21.2. The van der Waals surface area contributed by atoms with Crippen LogP contribution < -0.4 is 10.0 Å². The van der Waals surface area contributed by atoms with Gasteiger partial charge in [0.15, 0.2) is 0 Å². The number of benzene rings is 2. The molecule has 1 fully saturated rings. The molecule has 3 N–H and O–H groups in total. The maximum Gasteiger partial charge on any atom is 0.239 e. The predicted molar refractivity (Wildman–Crippen MR) is 145 cm³/mol. The Morgan fingerprint density at radius 1 is 1.14 bits per heavy atom. The lowest BCUT2D eigenvalue weighted by atomic mass is 9.73. The molecule has 1 aliphatic rings. The fourth-order valence-corrected chi connectivity index (χ4v) is 7.03. The summed E-state index contributed by atoms with van der Waals surface area (Å²) in [7, 11) is -3.60. The smallest absolute Gasteiger partial charge is 0.239 e. The van der Waals surface area contributed by atoms with Crippen LogP contribution in [0.1, 0.15) is 52.9 Å². The highest BCUT2D eigenvalue weighted by atomic mass is 32.2. The Kier molecular flexibility index (Phi) is 10.0. The highest BCUT2D eigenvalue weighted by Crippen LogP contribution is 2.36. The largest absolute Gasteiger partial charge is 0.391 e. The summed E-state index contributed by atoms with van der Waals surface area (Å²) in [5.41, 5.74) is 0. The molecule has 8 heteroatoms. The van der Waals surface area contributed by atoms with E-state index in [1.54, 1.807) is 0 Å². The van der Waals surface area contributed by atoms with Gasteiger partial charge >= 0.3 is 0 Å². The first-order chi connectivity index (χ1) is 16.6. The van der Waals surface area contributed by atoms with Crippen molar-refractivity contribution in [1.82, 2.24) is 10.0 Å². The molecule has 1 aliphatic carbocycles. The zero-order chi connectivity index (χ0) is 25.6. The van der Waals surface area contributed by atoms with E-state index in [0.29, 0.717) is 30.6 Å². The van der Waals surface area contributed by atoms with E-state index in [4.69, 9.17) is 0 Å². The molecular weight excluding hydrogens is 480 g/mol. The Morgan fingerprint density at radius 3 is 2.57 bits per heavy atom. The maximum absolute atomic E-state index is 13.2. The van der Waals surface area contributed by atoms with Crippen molar-refractivity contribution in [2.24, 2.45) is 17.8 Å². The number of hydrogen-bond donors (Lipinski definition) is 3. The van der Waals surface area contributed by atoms with Crippen LogP contribution in [0.2, 0.25) is 0 Å². The van der Waals surface area contributed by atoms with Crippen molar-refractivity contribution >= 4 is 38.5 Å². The van der Waals surface area contributed by atoms with Crippen molar-refractivity contribution in [2.45, 2.75) is 76.0 Å². The van der Waals surface area contributed by atoms with Crippen molar-refractivity contribution < 1.29 is 18.3 Å². The normalized spacial score (nSPS) is 23.5. The summed E-state index contributed by atoms with van der Waals surface area (Å²) in [5.74, 6) is 1.50. The fourth-order valence-electron chi connectivity index (χ4n) is 5.12. The van der Waals surface area contributed by atoms with Gasteiger partial charge in [-0.2, -0.15) is 0 Å². The summed E-state index contributed by atoms with van der Waals surface area (Å²) in [6.07, 6.45) is 5.13. The van der Waals surface area contributed by atoms with Gasteiger partial charge in [0.05, 0.1) is 18.4 Å². The van der Waals surface area contributed by atoms with Gasteiger partial charge in [-0.25, -0.2) is 13.1 Å². The van der Waals surface area contributed by atoms with Gasteiger partial charge in [0.25, 0.3) is 0 Å². The third-order valence-electron chi connectivity index (χ3n) is 7.23. The molecule has 0 bridgehead atoms. The van der Waals surface area contributed by atoms with Crippen molar-refractivity contribution in [3.8, 4) is 0 Å². The number of fused-ring (bicyclic) bond motifs is 1. The summed E-state index contributed by atoms with van der Waals surface area (Å²) in [5, 5.41) is 16.1. The molecule has 0 aliphatic heterocycles. The molecule has 35 heavy (non-hydrogen) atoms. The number of carbonyl (C=O) groups is 1. The molecule has 1 saturated carbocycles. The maximum atomic E-state index is 13.2. The van der Waals surface area contributed by atoms with Crippen molar-refractivity contribution in [3.63, 3.8) is 0 Å². The van der Waals surface area contributed by atoms with Gasteiger partial charge < -0.3 is 10.4 Å². The van der Waals surface area contributed by atoms with Gasteiger partial charge in [-0.3, -0.25) is 4.79 Å². The molecule has 2 aromatic carbocycles. The van der Waals surface area contributed by atoms with Crippen molar-refractivity contribution in [3.05, 3.63) is 42.5 Å². The van der Waals surface area contributed by atoms with Crippen LogP contribution in [0, 0.1) is 17.8 Å². The highest BCUT2D eigenvalue weighted by Gasteiger charge is 2.32. The lowest BCUT2D eigenvalue weighted by molar-refractivity contribution is -0.124. The summed E-state index contributed by atoms with van der Waals surface area (Å²) in [6.45, 7) is 6.45. The molecule has 3 rings (SSSR count). The summed E-state index contributed by atoms with van der Waals surface area (Å²) in [6, 6.07) is 12.6. The minimum Gasteiger partial charge on any atom is -0.391 e. The van der Waals surface area contributed by atoms with E-state index < -0.39 is 34.1 Å². The number of aliphatic hydroxyl groups is 1. The Balaban J connectivity index is 1.68. The van der Waals surface area contributed by atoms with Gasteiger partial charge in [0.1, 0.15) is 6.04 Å². The molecule has 194 valence electrons. The van der Waals surface area contributed by atoms with Crippen molar-refractivity contribution in [2.75, 3.05) is 12.0 Å². The number of nitrogens with one attached hydrogen (secondary N) is 2. The number of amides is 1. The Morgan fingerprint density at radius 2 is 1.86 bits per heavy atom. The van der Waals surface area contributed by atoms with Crippen LogP contribution in [0.25, 0.3) is 10.8 Å². The molecule has 0 saturated heterocycles. The zero-order valence-corrected chi connectivity index (χ0v) is 22.9. The standard InChI is InChI=1S/C27H40N2O4S2/c1-5-23(25(30)16-21-15-18(2)13-14-19(21)3)28-27(31)24(29-35(4,32)33)17-34-26-12-8-10-20-9-6-7-11-22(20)26/h6-12,18-19,21,23-25,29-30H,5,13-17H2,1-4H3,(H,28,31). The lowest BCUT2D eigenvalue weighted by Crippen LogP contribution is -2.53. The Hall–Kier alpha value is -1.61. The number of hydrogen-bond acceptors (Lipinski definition) is 5. The van der Waals surface area contributed by atoms with Gasteiger partial charge in [-0.05, 0) is 53.9 Å². The lowest BCUT2D eigenvalue weighted by Gasteiger charge is -2.36. The van der Waals surface area contributed by atoms with Crippen LogP contribution in [0.5, 0.6) is 0 Å². The molecule has 0 heterocycles. The molecule has 6 atom stereocenters. The van der Waals surface area contributed by atoms with Gasteiger partial charge in [-0.15, -0.1) is 11.8 Å². The molecule has 2 aromatic rings. The monoisotopic (exact) mass is 520 g/mol. The fraction of sp³-hybridized carbons (Fsp3) is 0.593. The van der Waals surface area contributed by atoms with E-state index in [9.17, 15) is 18.3 Å². The number of rotatable bonds is 11. The minimum atomic E-state index is -3.60. The second-order valence-corrected chi connectivity index (χ2v) is 13.1.